The molecule has 1 fully saturated rings. The van der Waals surface area contributed by atoms with Crippen molar-refractivity contribution in [2.45, 2.75) is 65.6 Å². The summed E-state index contributed by atoms with van der Waals surface area (Å²) in [7, 11) is 2.04. The molecule has 0 atom stereocenters. The lowest BCUT2D eigenvalue weighted by atomic mass is 9.96. The van der Waals surface area contributed by atoms with E-state index in [0.717, 1.165) is 41.8 Å². The third-order valence-corrected chi connectivity index (χ3v) is 7.03. The van der Waals surface area contributed by atoms with Gasteiger partial charge in [0.25, 0.3) is 5.91 Å². The number of alkyl halides is 3. The zero-order valence-electron chi connectivity index (χ0n) is 23.1. The van der Waals surface area contributed by atoms with Crippen molar-refractivity contribution in [3.05, 3.63) is 58.7 Å². The number of piperidine rings is 1. The van der Waals surface area contributed by atoms with E-state index >= 15 is 0 Å². The molecule has 2 amide bonds. The Balaban J connectivity index is 1.35. The van der Waals surface area contributed by atoms with Gasteiger partial charge in [0.1, 0.15) is 11.4 Å². The minimum Gasteiger partial charge on any atom is -0.444 e. The van der Waals surface area contributed by atoms with E-state index < -0.39 is 12.0 Å². The summed E-state index contributed by atoms with van der Waals surface area (Å²) in [5.74, 6) is 0.0628. The molecule has 2 aliphatic heterocycles. The van der Waals surface area contributed by atoms with Gasteiger partial charge in [-0.1, -0.05) is 12.1 Å². The molecule has 1 saturated heterocycles. The highest BCUT2D eigenvalue weighted by Crippen LogP contribution is 2.33. The zero-order chi connectivity index (χ0) is 28.5. The molecule has 0 radical (unpaired) electrons. The quantitative estimate of drug-likeness (QED) is 0.435. The fourth-order valence-corrected chi connectivity index (χ4v) is 5.19. The zero-order valence-corrected chi connectivity index (χ0v) is 23.1. The first-order valence-corrected chi connectivity index (χ1v) is 13.1. The second-order valence-corrected chi connectivity index (χ2v) is 11.4. The lowest BCUT2D eigenvalue weighted by Crippen LogP contribution is -2.43. The molecule has 2 heterocycles. The van der Waals surface area contributed by atoms with Crippen molar-refractivity contribution >= 4 is 17.7 Å². The number of carbonyl (C=O) groups is 2. The van der Waals surface area contributed by atoms with Crippen molar-refractivity contribution in [2.24, 2.45) is 5.92 Å². The van der Waals surface area contributed by atoms with Crippen molar-refractivity contribution in [1.82, 2.24) is 9.80 Å². The standard InChI is InChI=1S/C29H36F3N3O4/c1-19-14-23(33(5)16-21-10-12-34(13-11-21)27(37)39-28(2,3)4)15-22-18-35(26(36)25(19)22)17-20-6-8-24(9-7-20)38-29(30,31)32/h6-9,14-15,21H,10-13,16-18H2,1-5H3. The van der Waals surface area contributed by atoms with Gasteiger partial charge in [-0.3, -0.25) is 4.79 Å². The van der Waals surface area contributed by atoms with E-state index in [0.29, 0.717) is 37.7 Å². The summed E-state index contributed by atoms with van der Waals surface area (Å²) in [4.78, 5) is 31.2. The number of carbonyl (C=O) groups excluding carboxylic acids is 2. The maximum Gasteiger partial charge on any atom is 0.573 e. The molecular weight excluding hydrogens is 511 g/mol. The van der Waals surface area contributed by atoms with Gasteiger partial charge in [0.15, 0.2) is 0 Å². The van der Waals surface area contributed by atoms with Gasteiger partial charge in [-0.05, 0) is 87.4 Å². The van der Waals surface area contributed by atoms with Gasteiger partial charge >= 0.3 is 12.5 Å². The molecule has 39 heavy (non-hydrogen) atoms. The molecule has 0 unspecified atom stereocenters. The van der Waals surface area contributed by atoms with E-state index in [9.17, 15) is 22.8 Å². The lowest BCUT2D eigenvalue weighted by molar-refractivity contribution is -0.274. The minimum atomic E-state index is -4.74. The molecule has 0 bridgehead atoms. The Kier molecular flexibility index (Phi) is 8.04. The Bertz CT molecular complexity index is 1200. The summed E-state index contributed by atoms with van der Waals surface area (Å²) in [5.41, 5.74) is 3.78. The molecule has 2 aliphatic rings. The number of hydrogen-bond acceptors (Lipinski definition) is 5. The van der Waals surface area contributed by atoms with Crippen LogP contribution in [-0.4, -0.2) is 60.4 Å². The molecular formula is C29H36F3N3O4. The Morgan fingerprint density at radius 3 is 2.31 bits per heavy atom. The number of amides is 2. The second-order valence-electron chi connectivity index (χ2n) is 11.4. The van der Waals surface area contributed by atoms with Gasteiger partial charge in [0, 0.05) is 51.0 Å². The van der Waals surface area contributed by atoms with Crippen LogP contribution in [0.3, 0.4) is 0 Å². The molecule has 0 N–H and O–H groups in total. The number of benzene rings is 2. The van der Waals surface area contributed by atoms with Gasteiger partial charge < -0.3 is 24.2 Å². The van der Waals surface area contributed by atoms with Crippen LogP contribution in [0.1, 0.15) is 60.7 Å². The number of hydrogen-bond donors (Lipinski definition) is 0. The van der Waals surface area contributed by atoms with E-state index in [1.165, 1.54) is 24.3 Å². The summed E-state index contributed by atoms with van der Waals surface area (Å²) in [5, 5.41) is 0. The summed E-state index contributed by atoms with van der Waals surface area (Å²) in [6.07, 6.45) is -3.21. The normalized spacial score (nSPS) is 16.4. The Morgan fingerprint density at radius 2 is 1.72 bits per heavy atom. The van der Waals surface area contributed by atoms with Crippen LogP contribution in [-0.2, 0) is 17.8 Å². The number of ether oxygens (including phenoxy) is 2. The van der Waals surface area contributed by atoms with Crippen LogP contribution >= 0.6 is 0 Å². The van der Waals surface area contributed by atoms with Crippen molar-refractivity contribution < 1.29 is 32.2 Å². The summed E-state index contributed by atoms with van der Waals surface area (Å²) in [6, 6.07) is 9.67. The smallest absolute Gasteiger partial charge is 0.444 e. The highest BCUT2D eigenvalue weighted by molar-refractivity contribution is 6.00. The van der Waals surface area contributed by atoms with Crippen molar-refractivity contribution in [1.29, 1.82) is 0 Å². The third-order valence-electron chi connectivity index (χ3n) is 7.03. The van der Waals surface area contributed by atoms with Gasteiger partial charge in [-0.15, -0.1) is 13.2 Å². The van der Waals surface area contributed by atoms with Crippen LogP contribution in [0.15, 0.2) is 36.4 Å². The summed E-state index contributed by atoms with van der Waals surface area (Å²) < 4.78 is 46.7. The molecule has 0 spiro atoms. The average molecular weight is 548 g/mol. The lowest BCUT2D eigenvalue weighted by Gasteiger charge is -2.35. The van der Waals surface area contributed by atoms with E-state index in [2.05, 4.69) is 15.7 Å². The SMILES string of the molecule is Cc1cc(N(C)CC2CCN(C(=O)OC(C)(C)C)CC2)cc2c1C(=O)N(Cc1ccc(OC(F)(F)F)cc1)C2. The summed E-state index contributed by atoms with van der Waals surface area (Å²) >= 11 is 0. The van der Waals surface area contributed by atoms with Crippen LogP contribution in [0, 0.1) is 12.8 Å². The number of nitrogens with zero attached hydrogens (tertiary/aromatic N) is 3. The molecule has 10 heteroatoms. The van der Waals surface area contributed by atoms with E-state index in [1.54, 1.807) is 9.80 Å². The number of aryl methyl sites for hydroxylation is 1. The maximum atomic E-state index is 13.1. The number of likely N-dealkylation sites (tertiary alicyclic amines) is 1. The van der Waals surface area contributed by atoms with Crippen LogP contribution < -0.4 is 9.64 Å². The summed E-state index contributed by atoms with van der Waals surface area (Å²) in [6.45, 7) is 10.4. The van der Waals surface area contributed by atoms with Gasteiger partial charge in [0.2, 0.25) is 0 Å². The largest absolute Gasteiger partial charge is 0.573 e. The van der Waals surface area contributed by atoms with Gasteiger partial charge in [-0.25, -0.2) is 4.79 Å². The minimum absolute atomic E-state index is 0.0816. The molecule has 4 rings (SSSR count). The van der Waals surface area contributed by atoms with Crippen LogP contribution in [0.25, 0.3) is 0 Å². The second kappa shape index (κ2) is 11.0. The van der Waals surface area contributed by atoms with Crippen LogP contribution in [0.2, 0.25) is 0 Å². The molecule has 0 saturated carbocycles. The first-order chi connectivity index (χ1) is 18.2. The third kappa shape index (κ3) is 7.36. The number of halogens is 3. The Labute approximate surface area is 227 Å². The highest BCUT2D eigenvalue weighted by atomic mass is 19.4. The molecule has 2 aromatic rings. The van der Waals surface area contributed by atoms with Crippen molar-refractivity contribution in [3.8, 4) is 5.75 Å². The van der Waals surface area contributed by atoms with Gasteiger partial charge in [-0.2, -0.15) is 0 Å². The van der Waals surface area contributed by atoms with E-state index in [4.69, 9.17) is 4.74 Å². The predicted molar refractivity (Wildman–Crippen MR) is 142 cm³/mol. The highest BCUT2D eigenvalue weighted by Gasteiger charge is 2.32. The van der Waals surface area contributed by atoms with Crippen LogP contribution in [0.4, 0.5) is 23.7 Å². The monoisotopic (exact) mass is 547 g/mol. The first-order valence-electron chi connectivity index (χ1n) is 13.1. The average Bonchev–Trinajstić information content (AvgIpc) is 3.14. The first kappa shape index (κ1) is 28.6. The number of fused-ring (bicyclic) bond motifs is 1. The van der Waals surface area contributed by atoms with E-state index in [1.807, 2.05) is 40.8 Å². The Morgan fingerprint density at radius 1 is 1.08 bits per heavy atom. The fraction of sp³-hybridized carbons (Fsp3) is 0.517. The fourth-order valence-electron chi connectivity index (χ4n) is 5.19. The topological polar surface area (TPSA) is 62.3 Å². The molecule has 212 valence electrons. The van der Waals surface area contributed by atoms with Gasteiger partial charge in [0.05, 0.1) is 0 Å². The predicted octanol–water partition coefficient (Wildman–Crippen LogP) is 6.13. The molecule has 7 nitrogen and oxygen atoms in total. The van der Waals surface area contributed by atoms with Crippen LogP contribution in [0.5, 0.6) is 5.75 Å². The van der Waals surface area contributed by atoms with E-state index in [-0.39, 0.29) is 17.7 Å². The molecule has 0 aliphatic carbocycles. The molecule has 0 aromatic heterocycles. The van der Waals surface area contributed by atoms with Crippen molar-refractivity contribution in [2.75, 3.05) is 31.6 Å². The molecule has 2 aromatic carbocycles. The van der Waals surface area contributed by atoms with Crippen molar-refractivity contribution in [3.63, 3.8) is 0 Å². The Hall–Kier alpha value is -3.43. The number of anilines is 1. The maximum absolute atomic E-state index is 13.1. The number of rotatable bonds is 6.